The number of nitrogens with zero attached hydrogens (tertiary/aromatic N) is 2. The van der Waals surface area contributed by atoms with Crippen LogP contribution in [0.4, 0.5) is 14.9 Å². The first kappa shape index (κ1) is 17.4. The monoisotopic (exact) mass is 342 g/mol. The highest BCUT2D eigenvalue weighted by molar-refractivity contribution is 5.93. The van der Waals surface area contributed by atoms with Crippen LogP contribution in [0.3, 0.4) is 0 Å². The summed E-state index contributed by atoms with van der Waals surface area (Å²) in [6.45, 7) is 4.24. The Morgan fingerprint density at radius 1 is 1.32 bits per heavy atom. The summed E-state index contributed by atoms with van der Waals surface area (Å²) < 4.78 is 13.9. The second kappa shape index (κ2) is 7.23. The number of carbonyl (C=O) groups is 1. The molecule has 3 rings (SSSR count). The minimum atomic E-state index is -1.00. The average Bonchev–Trinajstić information content (AvgIpc) is 2.98. The molecular formula is C20H23FN2O2. The minimum absolute atomic E-state index is 0.288. The molecule has 1 aliphatic rings. The van der Waals surface area contributed by atoms with Gasteiger partial charge < -0.3 is 10.0 Å². The first-order valence-electron chi connectivity index (χ1n) is 8.49. The van der Waals surface area contributed by atoms with Gasteiger partial charge in [0.25, 0.3) is 0 Å². The van der Waals surface area contributed by atoms with Gasteiger partial charge in [-0.05, 0) is 56.6 Å². The second-order valence-electron chi connectivity index (χ2n) is 6.84. The normalized spacial score (nSPS) is 17.6. The number of amides is 1. The average molecular weight is 342 g/mol. The maximum Gasteiger partial charge on any atom is 0.411 e. The van der Waals surface area contributed by atoms with Crippen molar-refractivity contribution >= 4 is 11.8 Å². The second-order valence-corrected chi connectivity index (χ2v) is 6.84. The molecule has 0 bridgehead atoms. The quantitative estimate of drug-likeness (QED) is 0.904. The molecule has 0 unspecified atom stereocenters. The van der Waals surface area contributed by atoms with Gasteiger partial charge in [-0.25, -0.2) is 9.18 Å². The Balaban J connectivity index is 2.00. The minimum Gasteiger partial charge on any atom is -0.465 e. The third kappa shape index (κ3) is 3.99. The molecule has 1 atom stereocenters. The van der Waals surface area contributed by atoms with Crippen molar-refractivity contribution in [2.75, 3.05) is 31.6 Å². The highest BCUT2D eigenvalue weighted by Gasteiger charge is 2.27. The number of carboxylic acid groups (broad SMARTS) is 1. The molecule has 25 heavy (non-hydrogen) atoms. The highest BCUT2D eigenvalue weighted by atomic mass is 19.1. The van der Waals surface area contributed by atoms with E-state index in [0.717, 1.165) is 30.6 Å². The lowest BCUT2D eigenvalue weighted by molar-refractivity contribution is 0.200. The van der Waals surface area contributed by atoms with Crippen LogP contribution in [0.2, 0.25) is 0 Å². The molecule has 1 aliphatic heterocycles. The van der Waals surface area contributed by atoms with E-state index in [4.69, 9.17) is 0 Å². The van der Waals surface area contributed by atoms with Crippen LogP contribution in [0, 0.1) is 18.7 Å². The Morgan fingerprint density at radius 2 is 2.12 bits per heavy atom. The molecule has 0 radical (unpaired) electrons. The predicted octanol–water partition coefficient (Wildman–Crippen LogP) is 4.24. The number of rotatable bonds is 4. The van der Waals surface area contributed by atoms with Gasteiger partial charge in [-0.3, -0.25) is 4.90 Å². The zero-order valence-electron chi connectivity index (χ0n) is 14.6. The molecule has 1 fully saturated rings. The topological polar surface area (TPSA) is 43.8 Å². The Labute approximate surface area is 147 Å². The van der Waals surface area contributed by atoms with Gasteiger partial charge in [-0.1, -0.05) is 29.8 Å². The number of halogens is 1. The van der Waals surface area contributed by atoms with Gasteiger partial charge in [0.2, 0.25) is 0 Å². The third-order valence-corrected chi connectivity index (χ3v) is 4.74. The molecule has 4 nitrogen and oxygen atoms in total. The molecule has 0 aromatic heterocycles. The molecule has 2 aromatic carbocycles. The van der Waals surface area contributed by atoms with Crippen LogP contribution in [-0.4, -0.2) is 42.8 Å². The van der Waals surface area contributed by atoms with E-state index in [-0.39, 0.29) is 11.7 Å². The lowest BCUT2D eigenvalue weighted by atomic mass is 10.00. The summed E-state index contributed by atoms with van der Waals surface area (Å²) in [5, 5.41) is 9.77. The largest absolute Gasteiger partial charge is 0.465 e. The summed E-state index contributed by atoms with van der Waals surface area (Å²) in [4.78, 5) is 15.5. The Bertz CT molecular complexity index is 778. The van der Waals surface area contributed by atoms with Crippen molar-refractivity contribution in [3.05, 3.63) is 53.8 Å². The Morgan fingerprint density at radius 3 is 2.76 bits per heavy atom. The van der Waals surface area contributed by atoms with E-state index in [9.17, 15) is 14.3 Å². The molecule has 1 amide bonds. The van der Waals surface area contributed by atoms with Crippen molar-refractivity contribution in [1.82, 2.24) is 4.90 Å². The van der Waals surface area contributed by atoms with Gasteiger partial charge in [0.05, 0.1) is 5.69 Å². The molecule has 1 N–H and O–H groups in total. The van der Waals surface area contributed by atoms with Crippen LogP contribution in [0.25, 0.3) is 11.1 Å². The van der Waals surface area contributed by atoms with E-state index in [1.54, 1.807) is 6.07 Å². The van der Waals surface area contributed by atoms with Gasteiger partial charge in [0.15, 0.2) is 0 Å². The zero-order chi connectivity index (χ0) is 18.0. The number of benzene rings is 2. The molecule has 2 aromatic rings. The molecule has 5 heteroatoms. The fraction of sp³-hybridized carbons (Fsp3) is 0.350. The number of likely N-dealkylation sites (tertiary alicyclic amines) is 1. The lowest BCUT2D eigenvalue weighted by Crippen LogP contribution is -2.35. The summed E-state index contributed by atoms with van der Waals surface area (Å²) in [5.74, 6) is -0.0808. The standard InChI is InChI=1S/C20H23FN2O2/c1-14-4-3-5-16(10-14)18-11-17(21)6-7-19(18)23(20(24)25)13-15-8-9-22(2)12-15/h3-7,10-11,15H,8-9,12-13H2,1-2H3,(H,24,25)/t15-/m0/s1. The van der Waals surface area contributed by atoms with E-state index in [2.05, 4.69) is 4.90 Å². The van der Waals surface area contributed by atoms with Crippen LogP contribution < -0.4 is 4.90 Å². The predicted molar refractivity (Wildman–Crippen MR) is 97.5 cm³/mol. The van der Waals surface area contributed by atoms with Crippen molar-refractivity contribution in [2.24, 2.45) is 5.92 Å². The third-order valence-electron chi connectivity index (χ3n) is 4.74. The molecule has 0 spiro atoms. The smallest absolute Gasteiger partial charge is 0.411 e. The van der Waals surface area contributed by atoms with Crippen LogP contribution in [-0.2, 0) is 0 Å². The molecule has 1 heterocycles. The van der Waals surface area contributed by atoms with Crippen molar-refractivity contribution in [3.63, 3.8) is 0 Å². The van der Waals surface area contributed by atoms with Crippen LogP contribution in [0.15, 0.2) is 42.5 Å². The summed E-state index contributed by atoms with van der Waals surface area (Å²) >= 11 is 0. The van der Waals surface area contributed by atoms with Crippen LogP contribution >= 0.6 is 0 Å². The van der Waals surface area contributed by atoms with E-state index in [0.29, 0.717) is 17.8 Å². The molecule has 1 saturated heterocycles. The summed E-state index contributed by atoms with van der Waals surface area (Å²) in [6, 6.07) is 12.0. The van der Waals surface area contributed by atoms with E-state index >= 15 is 0 Å². The van der Waals surface area contributed by atoms with E-state index in [1.807, 2.05) is 38.2 Å². The first-order valence-corrected chi connectivity index (χ1v) is 8.49. The van der Waals surface area contributed by atoms with Gasteiger partial charge in [-0.15, -0.1) is 0 Å². The molecule has 0 saturated carbocycles. The van der Waals surface area contributed by atoms with Crippen LogP contribution in [0.5, 0.6) is 0 Å². The first-order chi connectivity index (χ1) is 11.9. The summed E-state index contributed by atoms with van der Waals surface area (Å²) in [5.41, 5.74) is 3.02. The lowest BCUT2D eigenvalue weighted by Gasteiger charge is -2.25. The fourth-order valence-corrected chi connectivity index (χ4v) is 3.50. The number of hydrogen-bond acceptors (Lipinski definition) is 2. The van der Waals surface area contributed by atoms with E-state index in [1.165, 1.54) is 17.0 Å². The highest BCUT2D eigenvalue weighted by Crippen LogP contribution is 2.33. The maximum atomic E-state index is 13.9. The molecule has 132 valence electrons. The van der Waals surface area contributed by atoms with Crippen molar-refractivity contribution in [1.29, 1.82) is 0 Å². The summed E-state index contributed by atoms with van der Waals surface area (Å²) in [6.07, 6.45) is -0.0311. The van der Waals surface area contributed by atoms with Crippen LogP contribution in [0.1, 0.15) is 12.0 Å². The van der Waals surface area contributed by atoms with Gasteiger partial charge in [-0.2, -0.15) is 0 Å². The van der Waals surface area contributed by atoms with Crippen molar-refractivity contribution in [3.8, 4) is 11.1 Å². The van der Waals surface area contributed by atoms with Gasteiger partial charge in [0.1, 0.15) is 5.82 Å². The molecular weight excluding hydrogens is 319 g/mol. The van der Waals surface area contributed by atoms with Crippen molar-refractivity contribution < 1.29 is 14.3 Å². The van der Waals surface area contributed by atoms with Gasteiger partial charge >= 0.3 is 6.09 Å². The van der Waals surface area contributed by atoms with E-state index < -0.39 is 6.09 Å². The number of anilines is 1. The Kier molecular flexibility index (Phi) is 5.04. The van der Waals surface area contributed by atoms with Crippen molar-refractivity contribution in [2.45, 2.75) is 13.3 Å². The summed E-state index contributed by atoms with van der Waals surface area (Å²) in [7, 11) is 2.04. The zero-order valence-corrected chi connectivity index (χ0v) is 14.6. The maximum absolute atomic E-state index is 13.9. The van der Waals surface area contributed by atoms with Gasteiger partial charge in [0, 0.05) is 18.7 Å². The molecule has 0 aliphatic carbocycles. The number of hydrogen-bond donors (Lipinski definition) is 1. The Hall–Kier alpha value is -2.40. The number of aryl methyl sites for hydroxylation is 1. The SMILES string of the molecule is Cc1cccc(-c2cc(F)ccc2N(C[C@H]2CCN(C)C2)C(=O)O)c1. The fourth-order valence-electron chi connectivity index (χ4n) is 3.50.